The van der Waals surface area contributed by atoms with Crippen LogP contribution in [0.3, 0.4) is 0 Å². The minimum absolute atomic E-state index is 0.219. The fourth-order valence-electron chi connectivity index (χ4n) is 4.09. The lowest BCUT2D eigenvalue weighted by Crippen LogP contribution is -2.37. The molecular weight excluding hydrogens is 476 g/mol. The number of allylic oxidation sites excluding steroid dienone is 1. The van der Waals surface area contributed by atoms with Crippen LogP contribution in [0.1, 0.15) is 21.5 Å². The normalized spacial score (nSPS) is 14.2. The lowest BCUT2D eigenvalue weighted by molar-refractivity contribution is 0.104. The summed E-state index contributed by atoms with van der Waals surface area (Å²) in [6, 6.07) is 21.8. The van der Waals surface area contributed by atoms with E-state index in [9.17, 15) is 9.59 Å². The van der Waals surface area contributed by atoms with Crippen molar-refractivity contribution in [3.63, 3.8) is 0 Å². The average Bonchev–Trinajstić information content (AvgIpc) is 2.92. The molecule has 3 aromatic carbocycles. The van der Waals surface area contributed by atoms with E-state index < -0.39 is 5.63 Å². The van der Waals surface area contributed by atoms with Crippen LogP contribution in [0.2, 0.25) is 5.02 Å². The van der Waals surface area contributed by atoms with Crippen molar-refractivity contribution in [2.75, 3.05) is 31.2 Å². The maximum atomic E-state index is 12.9. The highest BCUT2D eigenvalue weighted by Crippen LogP contribution is 2.30. The van der Waals surface area contributed by atoms with E-state index in [1.54, 1.807) is 54.8 Å². The minimum atomic E-state index is -0.480. The number of ketones is 1. The number of hydrogen-bond donors (Lipinski definition) is 0. The first-order chi connectivity index (χ1) is 17.6. The fourth-order valence-corrected chi connectivity index (χ4v) is 4.21. The Hall–Kier alpha value is -4.00. The van der Waals surface area contributed by atoms with Gasteiger partial charge in [-0.3, -0.25) is 9.79 Å². The number of hydrogen-bond acceptors (Lipinski definition) is 6. The third-order valence-corrected chi connectivity index (χ3v) is 6.19. The Bertz CT molecular complexity index is 1500. The van der Waals surface area contributed by atoms with Gasteiger partial charge in [-0.2, -0.15) is 0 Å². The number of rotatable bonds is 6. The molecule has 180 valence electrons. The second-order valence-electron chi connectivity index (χ2n) is 8.30. The zero-order valence-electron chi connectivity index (χ0n) is 19.4. The molecule has 1 aliphatic rings. The topological polar surface area (TPSA) is 72.1 Å². The molecule has 1 fully saturated rings. The molecule has 0 radical (unpaired) electrons. The van der Waals surface area contributed by atoms with Gasteiger partial charge in [-0.15, -0.1) is 0 Å². The number of para-hydroxylation sites is 1. The number of fused-ring (bicyclic) bond motifs is 1. The predicted molar refractivity (Wildman–Crippen MR) is 144 cm³/mol. The molecule has 1 saturated heterocycles. The van der Waals surface area contributed by atoms with Crippen LogP contribution < -0.4 is 10.5 Å². The number of ether oxygens (including phenoxy) is 1. The number of benzene rings is 3. The lowest BCUT2D eigenvalue weighted by Gasteiger charge is -2.30. The molecule has 1 aromatic heterocycles. The second kappa shape index (κ2) is 10.7. The van der Waals surface area contributed by atoms with Gasteiger partial charge in [-0.25, -0.2) is 4.79 Å². The highest BCUT2D eigenvalue weighted by molar-refractivity contribution is 6.30. The van der Waals surface area contributed by atoms with E-state index in [1.165, 1.54) is 6.08 Å². The minimum Gasteiger partial charge on any atom is -0.422 e. The van der Waals surface area contributed by atoms with E-state index >= 15 is 0 Å². The van der Waals surface area contributed by atoms with Gasteiger partial charge in [0.1, 0.15) is 5.58 Å². The quantitative estimate of drug-likeness (QED) is 0.143. The average molecular weight is 499 g/mol. The molecule has 6 nitrogen and oxygen atoms in total. The van der Waals surface area contributed by atoms with E-state index in [4.69, 9.17) is 20.8 Å². The first kappa shape index (κ1) is 23.7. The predicted octanol–water partition coefficient (Wildman–Crippen LogP) is 5.93. The van der Waals surface area contributed by atoms with Gasteiger partial charge in [0, 0.05) is 35.3 Å². The monoisotopic (exact) mass is 498 g/mol. The van der Waals surface area contributed by atoms with Gasteiger partial charge in [0.15, 0.2) is 5.78 Å². The van der Waals surface area contributed by atoms with Gasteiger partial charge in [0.05, 0.1) is 30.2 Å². The van der Waals surface area contributed by atoms with E-state index in [0.717, 1.165) is 22.3 Å². The molecule has 0 aliphatic carbocycles. The van der Waals surface area contributed by atoms with Crippen molar-refractivity contribution in [3.8, 4) is 0 Å². The number of anilines is 1. The van der Waals surface area contributed by atoms with Crippen LogP contribution in [0.15, 0.2) is 93.1 Å². The molecule has 0 amide bonds. The summed E-state index contributed by atoms with van der Waals surface area (Å²) in [6.07, 6.45) is 4.70. The largest absolute Gasteiger partial charge is 0.422 e. The van der Waals surface area contributed by atoms with Crippen molar-refractivity contribution in [1.29, 1.82) is 0 Å². The van der Waals surface area contributed by atoms with E-state index in [-0.39, 0.29) is 5.78 Å². The Morgan fingerprint density at radius 3 is 2.42 bits per heavy atom. The molecule has 36 heavy (non-hydrogen) atoms. The van der Waals surface area contributed by atoms with Crippen LogP contribution >= 0.6 is 11.6 Å². The summed E-state index contributed by atoms with van der Waals surface area (Å²) in [5.74, 6) is -0.219. The Kier molecular flexibility index (Phi) is 7.07. The van der Waals surface area contributed by atoms with Gasteiger partial charge in [-0.05, 0) is 66.2 Å². The molecule has 0 bridgehead atoms. The van der Waals surface area contributed by atoms with Crippen LogP contribution in [-0.4, -0.2) is 38.3 Å². The number of carbonyl (C=O) groups excluding carboxylic acids is 1. The van der Waals surface area contributed by atoms with E-state index in [2.05, 4.69) is 9.89 Å². The number of nitrogens with zero attached hydrogens (tertiary/aromatic N) is 2. The van der Waals surface area contributed by atoms with Crippen molar-refractivity contribution in [1.82, 2.24) is 0 Å². The zero-order valence-corrected chi connectivity index (χ0v) is 20.1. The van der Waals surface area contributed by atoms with E-state index in [0.29, 0.717) is 48.0 Å². The molecule has 0 atom stereocenters. The molecule has 1 aliphatic heterocycles. The number of morpholine rings is 1. The summed E-state index contributed by atoms with van der Waals surface area (Å²) in [5, 5.41) is 1.50. The van der Waals surface area contributed by atoms with Crippen LogP contribution in [0.5, 0.6) is 0 Å². The van der Waals surface area contributed by atoms with Crippen molar-refractivity contribution in [2.45, 2.75) is 0 Å². The molecular formula is C29H23ClN2O4. The Morgan fingerprint density at radius 2 is 1.67 bits per heavy atom. The van der Waals surface area contributed by atoms with E-state index in [1.807, 2.05) is 30.3 Å². The SMILES string of the molecule is O=C(/C=C/c1c(N2CCOCC2)c2ccccc2oc1=O)c1ccc(N=Cc2ccc(Cl)cc2)cc1. The number of aliphatic imine (C=N–C) groups is 1. The zero-order chi connectivity index (χ0) is 24.9. The summed E-state index contributed by atoms with van der Waals surface area (Å²) in [4.78, 5) is 32.3. The van der Waals surface area contributed by atoms with Crippen molar-refractivity contribution < 1.29 is 13.9 Å². The van der Waals surface area contributed by atoms with Crippen molar-refractivity contribution in [2.24, 2.45) is 4.99 Å². The molecule has 4 aromatic rings. The molecule has 0 saturated carbocycles. The highest BCUT2D eigenvalue weighted by atomic mass is 35.5. The molecule has 2 heterocycles. The Morgan fingerprint density at radius 1 is 0.944 bits per heavy atom. The molecule has 0 N–H and O–H groups in total. The third-order valence-electron chi connectivity index (χ3n) is 5.93. The number of halogens is 1. The smallest absolute Gasteiger partial charge is 0.345 e. The maximum absolute atomic E-state index is 12.9. The second-order valence-corrected chi connectivity index (χ2v) is 8.74. The maximum Gasteiger partial charge on any atom is 0.345 e. The lowest BCUT2D eigenvalue weighted by atomic mass is 10.1. The summed E-state index contributed by atoms with van der Waals surface area (Å²) < 4.78 is 11.0. The Labute approximate surface area is 213 Å². The summed E-state index contributed by atoms with van der Waals surface area (Å²) in [5.41, 5.74) is 3.29. The molecule has 7 heteroatoms. The van der Waals surface area contributed by atoms with Crippen LogP contribution in [0, 0.1) is 0 Å². The first-order valence-corrected chi connectivity index (χ1v) is 12.0. The van der Waals surface area contributed by atoms with Crippen molar-refractivity contribution >= 4 is 52.0 Å². The van der Waals surface area contributed by atoms with Crippen molar-refractivity contribution in [3.05, 3.63) is 111 Å². The summed E-state index contributed by atoms with van der Waals surface area (Å²) in [6.45, 7) is 2.45. The highest BCUT2D eigenvalue weighted by Gasteiger charge is 2.20. The molecule has 5 rings (SSSR count). The third kappa shape index (κ3) is 5.30. The summed E-state index contributed by atoms with van der Waals surface area (Å²) >= 11 is 5.91. The molecule has 0 spiro atoms. The standard InChI is InChI=1S/C29H23ClN2O4/c30-22-9-5-20(6-10-22)19-31-23-11-7-21(8-12-23)26(33)14-13-25-28(32-15-17-35-18-16-32)24-3-1-2-4-27(24)36-29(25)34/h1-14,19H,15-18H2/b14-13+,31-19?. The van der Waals surface area contributed by atoms with Gasteiger partial charge < -0.3 is 14.1 Å². The van der Waals surface area contributed by atoms with Crippen LogP contribution in [0.25, 0.3) is 17.0 Å². The van der Waals surface area contributed by atoms with Gasteiger partial charge >= 0.3 is 5.63 Å². The molecule has 0 unspecified atom stereocenters. The van der Waals surface area contributed by atoms with Gasteiger partial charge in [0.2, 0.25) is 0 Å². The fraction of sp³-hybridized carbons (Fsp3) is 0.138. The van der Waals surface area contributed by atoms with Gasteiger partial charge in [0.25, 0.3) is 0 Å². The summed E-state index contributed by atoms with van der Waals surface area (Å²) in [7, 11) is 0. The number of carbonyl (C=O) groups is 1. The first-order valence-electron chi connectivity index (χ1n) is 11.6. The van der Waals surface area contributed by atoms with Crippen LogP contribution in [0.4, 0.5) is 11.4 Å². The Balaban J connectivity index is 1.39. The van der Waals surface area contributed by atoms with Crippen LogP contribution in [-0.2, 0) is 4.74 Å². The van der Waals surface area contributed by atoms with Gasteiger partial charge in [-0.1, -0.05) is 35.9 Å².